The van der Waals surface area contributed by atoms with Crippen LogP contribution in [0.5, 0.6) is 11.5 Å². The molecule has 2 fully saturated rings. The van der Waals surface area contributed by atoms with Gasteiger partial charge >= 0.3 is 0 Å². The third-order valence-corrected chi connectivity index (χ3v) is 5.74. The molecule has 1 N–H and O–H groups in total. The van der Waals surface area contributed by atoms with E-state index in [1.54, 1.807) is 4.90 Å². The summed E-state index contributed by atoms with van der Waals surface area (Å²) in [6.07, 6.45) is 7.89. The lowest BCUT2D eigenvalue weighted by Gasteiger charge is -2.22. The van der Waals surface area contributed by atoms with Gasteiger partial charge in [0.2, 0.25) is 18.6 Å². The van der Waals surface area contributed by atoms with Crippen molar-refractivity contribution in [3.05, 3.63) is 18.2 Å². The number of hydrogen-bond acceptors (Lipinski definition) is 4. The molecule has 3 aliphatic rings. The topological polar surface area (TPSA) is 67.9 Å². The van der Waals surface area contributed by atoms with E-state index in [1.165, 1.54) is 32.1 Å². The van der Waals surface area contributed by atoms with Crippen LogP contribution in [-0.4, -0.2) is 31.7 Å². The first-order valence-corrected chi connectivity index (χ1v) is 9.68. The largest absolute Gasteiger partial charge is 0.454 e. The first kappa shape index (κ1) is 17.2. The number of nitrogens with zero attached hydrogens (tertiary/aromatic N) is 1. The van der Waals surface area contributed by atoms with Crippen molar-refractivity contribution in [2.75, 3.05) is 24.8 Å². The third kappa shape index (κ3) is 3.64. The van der Waals surface area contributed by atoms with Gasteiger partial charge in [-0.15, -0.1) is 0 Å². The summed E-state index contributed by atoms with van der Waals surface area (Å²) in [7, 11) is 0. The van der Waals surface area contributed by atoms with Crippen molar-refractivity contribution in [2.24, 2.45) is 11.8 Å². The zero-order chi connectivity index (χ0) is 17.9. The third-order valence-electron chi connectivity index (χ3n) is 5.74. The van der Waals surface area contributed by atoms with Crippen molar-refractivity contribution < 1.29 is 19.1 Å². The lowest BCUT2D eigenvalue weighted by molar-refractivity contribution is -0.126. The maximum atomic E-state index is 12.5. The second kappa shape index (κ2) is 7.56. The highest BCUT2D eigenvalue weighted by atomic mass is 16.7. The van der Waals surface area contributed by atoms with Gasteiger partial charge in [0.05, 0.1) is 5.92 Å². The second-order valence-electron chi connectivity index (χ2n) is 7.53. The van der Waals surface area contributed by atoms with E-state index in [-0.39, 0.29) is 30.9 Å². The fraction of sp³-hybridized carbons (Fsp3) is 0.600. The summed E-state index contributed by atoms with van der Waals surface area (Å²) in [5.41, 5.74) is 0.761. The van der Waals surface area contributed by atoms with Crippen molar-refractivity contribution in [3.63, 3.8) is 0 Å². The van der Waals surface area contributed by atoms with Gasteiger partial charge in [-0.1, -0.05) is 32.1 Å². The number of ether oxygens (including phenoxy) is 2. The van der Waals surface area contributed by atoms with Gasteiger partial charge in [0.1, 0.15) is 0 Å². The van der Waals surface area contributed by atoms with Gasteiger partial charge in [-0.05, 0) is 24.5 Å². The standard InChI is InChI=1S/C20H26N2O4/c23-19-10-15(20(24)21-9-8-14-4-2-1-3-5-14)12-22(19)16-6-7-17-18(11-16)26-13-25-17/h6-7,11,14-15H,1-5,8-10,12-13H2,(H,21,24). The normalized spacial score (nSPS) is 22.7. The van der Waals surface area contributed by atoms with Gasteiger partial charge < -0.3 is 19.7 Å². The predicted molar refractivity (Wildman–Crippen MR) is 97.2 cm³/mol. The van der Waals surface area contributed by atoms with E-state index in [9.17, 15) is 9.59 Å². The lowest BCUT2D eigenvalue weighted by Crippen LogP contribution is -2.34. The molecule has 0 bridgehead atoms. The molecular weight excluding hydrogens is 332 g/mol. The molecule has 1 aliphatic carbocycles. The molecule has 1 saturated carbocycles. The van der Waals surface area contributed by atoms with Crippen molar-refractivity contribution in [2.45, 2.75) is 44.9 Å². The minimum atomic E-state index is -0.278. The Morgan fingerprint density at radius 1 is 1.15 bits per heavy atom. The van der Waals surface area contributed by atoms with Crippen LogP contribution in [0.15, 0.2) is 18.2 Å². The van der Waals surface area contributed by atoms with E-state index >= 15 is 0 Å². The van der Waals surface area contributed by atoms with Crippen LogP contribution in [0.2, 0.25) is 0 Å². The number of fused-ring (bicyclic) bond motifs is 1. The summed E-state index contributed by atoms with van der Waals surface area (Å²) in [5, 5.41) is 3.04. The molecule has 6 nitrogen and oxygen atoms in total. The van der Waals surface area contributed by atoms with Crippen LogP contribution < -0.4 is 19.7 Å². The summed E-state index contributed by atoms with van der Waals surface area (Å²) in [5.74, 6) is 1.79. The zero-order valence-corrected chi connectivity index (χ0v) is 15.0. The Bertz CT molecular complexity index is 684. The first-order chi connectivity index (χ1) is 12.7. The van der Waals surface area contributed by atoms with Crippen molar-refractivity contribution in [1.82, 2.24) is 5.32 Å². The highest BCUT2D eigenvalue weighted by Gasteiger charge is 2.35. The number of amides is 2. The molecule has 0 aromatic heterocycles. The molecule has 26 heavy (non-hydrogen) atoms. The maximum absolute atomic E-state index is 12.5. The number of benzene rings is 1. The highest BCUT2D eigenvalue weighted by molar-refractivity contribution is 6.00. The van der Waals surface area contributed by atoms with Crippen LogP contribution in [0.1, 0.15) is 44.9 Å². The number of nitrogens with one attached hydrogen (secondary N) is 1. The van der Waals surface area contributed by atoms with Crippen LogP contribution in [0.25, 0.3) is 0 Å². The van der Waals surface area contributed by atoms with E-state index in [2.05, 4.69) is 5.32 Å². The quantitative estimate of drug-likeness (QED) is 0.879. The monoisotopic (exact) mass is 358 g/mol. The number of carbonyl (C=O) groups is 2. The molecule has 1 atom stereocenters. The fourth-order valence-electron chi connectivity index (χ4n) is 4.21. The molecule has 140 valence electrons. The molecule has 2 heterocycles. The van der Waals surface area contributed by atoms with Crippen LogP contribution in [0.4, 0.5) is 5.69 Å². The Labute approximate surface area is 153 Å². The number of carbonyl (C=O) groups excluding carboxylic acids is 2. The average molecular weight is 358 g/mol. The summed E-state index contributed by atoms with van der Waals surface area (Å²) < 4.78 is 10.7. The molecule has 1 aromatic rings. The van der Waals surface area contributed by atoms with E-state index < -0.39 is 0 Å². The van der Waals surface area contributed by atoms with Crippen LogP contribution in [0.3, 0.4) is 0 Å². The second-order valence-corrected chi connectivity index (χ2v) is 7.53. The molecular formula is C20H26N2O4. The minimum Gasteiger partial charge on any atom is -0.454 e. The fourth-order valence-corrected chi connectivity index (χ4v) is 4.21. The van der Waals surface area contributed by atoms with Crippen molar-refractivity contribution >= 4 is 17.5 Å². The number of hydrogen-bond donors (Lipinski definition) is 1. The summed E-state index contributed by atoms with van der Waals surface area (Å²) in [4.78, 5) is 26.5. The van der Waals surface area contributed by atoms with Gasteiger partial charge in [0, 0.05) is 31.3 Å². The predicted octanol–water partition coefficient (Wildman–Crippen LogP) is 2.85. The van der Waals surface area contributed by atoms with Gasteiger partial charge in [-0.25, -0.2) is 0 Å². The molecule has 2 amide bonds. The molecule has 6 heteroatoms. The van der Waals surface area contributed by atoms with Gasteiger partial charge in [-0.3, -0.25) is 9.59 Å². The summed E-state index contributed by atoms with van der Waals surface area (Å²) in [6, 6.07) is 5.46. The average Bonchev–Trinajstić information content (AvgIpc) is 3.28. The Hall–Kier alpha value is -2.24. The van der Waals surface area contributed by atoms with E-state index in [1.807, 2.05) is 18.2 Å². The Balaban J connectivity index is 1.30. The van der Waals surface area contributed by atoms with Gasteiger partial charge in [0.25, 0.3) is 0 Å². The SMILES string of the molecule is O=C(NCCC1CCCCC1)C1CC(=O)N(c2ccc3c(c2)OCO3)C1. The van der Waals surface area contributed by atoms with Gasteiger partial charge in [-0.2, -0.15) is 0 Å². The Morgan fingerprint density at radius 2 is 1.96 bits per heavy atom. The lowest BCUT2D eigenvalue weighted by atomic mass is 9.87. The zero-order valence-electron chi connectivity index (χ0n) is 15.0. The van der Waals surface area contributed by atoms with E-state index in [0.717, 1.165) is 24.6 Å². The molecule has 1 saturated heterocycles. The van der Waals surface area contributed by atoms with Crippen LogP contribution in [-0.2, 0) is 9.59 Å². The summed E-state index contributed by atoms with van der Waals surface area (Å²) >= 11 is 0. The smallest absolute Gasteiger partial charge is 0.231 e. The Kier molecular flexibility index (Phi) is 5.00. The van der Waals surface area contributed by atoms with E-state index in [4.69, 9.17) is 9.47 Å². The van der Waals surface area contributed by atoms with Crippen LogP contribution in [0, 0.1) is 11.8 Å². The first-order valence-electron chi connectivity index (χ1n) is 9.68. The molecule has 0 spiro atoms. The maximum Gasteiger partial charge on any atom is 0.231 e. The number of anilines is 1. The molecule has 1 unspecified atom stereocenters. The molecule has 1 aromatic carbocycles. The molecule has 0 radical (unpaired) electrons. The molecule has 2 aliphatic heterocycles. The highest BCUT2D eigenvalue weighted by Crippen LogP contribution is 2.37. The van der Waals surface area contributed by atoms with Gasteiger partial charge in [0.15, 0.2) is 11.5 Å². The van der Waals surface area contributed by atoms with E-state index in [0.29, 0.717) is 18.0 Å². The number of rotatable bonds is 5. The minimum absolute atomic E-state index is 0.00240. The van der Waals surface area contributed by atoms with Crippen molar-refractivity contribution in [1.29, 1.82) is 0 Å². The molecule has 4 rings (SSSR count). The van der Waals surface area contributed by atoms with Crippen LogP contribution >= 0.6 is 0 Å². The Morgan fingerprint density at radius 3 is 2.81 bits per heavy atom. The summed E-state index contributed by atoms with van der Waals surface area (Å²) in [6.45, 7) is 1.35. The van der Waals surface area contributed by atoms with Crippen molar-refractivity contribution in [3.8, 4) is 11.5 Å².